The second-order valence-corrected chi connectivity index (χ2v) is 6.77. The van der Waals surface area contributed by atoms with Gasteiger partial charge >= 0.3 is 5.97 Å². The lowest BCUT2D eigenvalue weighted by molar-refractivity contribution is -0.164. The molecule has 0 saturated carbocycles. The van der Waals surface area contributed by atoms with Crippen LogP contribution in [0.1, 0.15) is 40.2 Å². The minimum absolute atomic E-state index is 0.219. The van der Waals surface area contributed by atoms with E-state index in [0.29, 0.717) is 13.0 Å². The molecule has 0 fully saturated rings. The van der Waals surface area contributed by atoms with E-state index in [1.807, 2.05) is 58.9 Å². The highest BCUT2D eigenvalue weighted by atomic mass is 16.6. The molecule has 114 valence electrons. The summed E-state index contributed by atoms with van der Waals surface area (Å²) in [6, 6.07) is 9.76. The molecule has 4 heteroatoms. The van der Waals surface area contributed by atoms with E-state index in [0.717, 1.165) is 11.3 Å². The molecule has 4 nitrogen and oxygen atoms in total. The van der Waals surface area contributed by atoms with Crippen LogP contribution in [0.4, 0.5) is 5.69 Å². The molecule has 0 aliphatic carbocycles. The number of nitrogens with zero attached hydrogens (tertiary/aromatic N) is 1. The number of carbonyl (C=O) groups excluding carboxylic acids is 1. The third kappa shape index (κ3) is 5.86. The van der Waals surface area contributed by atoms with Crippen molar-refractivity contribution in [2.75, 3.05) is 11.9 Å². The van der Waals surface area contributed by atoms with Crippen molar-refractivity contribution in [3.8, 4) is 6.07 Å². The summed E-state index contributed by atoms with van der Waals surface area (Å²) in [6.07, 6.45) is 0.406. The zero-order valence-corrected chi connectivity index (χ0v) is 13.5. The second kappa shape index (κ2) is 6.62. The highest BCUT2D eigenvalue weighted by Crippen LogP contribution is 2.22. The maximum Gasteiger partial charge on any atom is 0.313 e. The molecule has 0 amide bonds. The number of benzene rings is 1. The van der Waals surface area contributed by atoms with Gasteiger partial charge in [-0.1, -0.05) is 12.1 Å². The highest BCUT2D eigenvalue weighted by Gasteiger charge is 2.32. The molecule has 1 rings (SSSR count). The van der Waals surface area contributed by atoms with Gasteiger partial charge in [0.05, 0.1) is 17.9 Å². The Kier molecular flexibility index (Phi) is 5.37. The first-order chi connectivity index (χ1) is 9.64. The van der Waals surface area contributed by atoms with Crippen LogP contribution in [0.2, 0.25) is 0 Å². The van der Waals surface area contributed by atoms with Crippen LogP contribution in [0.15, 0.2) is 24.3 Å². The standard InChI is InChI=1S/C17H24N2O2/c1-16(2,3)21-15(20)17(4,5)12-19-14-8-6-13(7-9-14)10-11-18/h6-9,19H,10,12H2,1-5H3. The van der Waals surface area contributed by atoms with Crippen molar-refractivity contribution in [2.45, 2.75) is 46.6 Å². The molecule has 0 aromatic heterocycles. The molecule has 1 aromatic carbocycles. The maximum absolute atomic E-state index is 12.1. The van der Waals surface area contributed by atoms with Crippen LogP contribution in [0.25, 0.3) is 0 Å². The van der Waals surface area contributed by atoms with E-state index in [1.165, 1.54) is 0 Å². The first-order valence-corrected chi connectivity index (χ1v) is 7.07. The first kappa shape index (κ1) is 17.0. The molecule has 0 radical (unpaired) electrons. The number of carbonyl (C=O) groups is 1. The van der Waals surface area contributed by atoms with Gasteiger partial charge < -0.3 is 10.1 Å². The van der Waals surface area contributed by atoms with Gasteiger partial charge in [-0.3, -0.25) is 4.79 Å². The zero-order valence-electron chi connectivity index (χ0n) is 13.5. The van der Waals surface area contributed by atoms with E-state index in [4.69, 9.17) is 10.00 Å². The molecule has 0 aliphatic rings. The first-order valence-electron chi connectivity index (χ1n) is 7.07. The van der Waals surface area contributed by atoms with E-state index in [1.54, 1.807) is 0 Å². The van der Waals surface area contributed by atoms with Crippen LogP contribution in [-0.4, -0.2) is 18.1 Å². The minimum atomic E-state index is -0.612. The molecular weight excluding hydrogens is 264 g/mol. The van der Waals surface area contributed by atoms with Crippen molar-refractivity contribution in [1.82, 2.24) is 0 Å². The van der Waals surface area contributed by atoms with Crippen molar-refractivity contribution in [2.24, 2.45) is 5.41 Å². The van der Waals surface area contributed by atoms with Crippen LogP contribution >= 0.6 is 0 Å². The van der Waals surface area contributed by atoms with Gasteiger partial charge in [0.15, 0.2) is 0 Å². The number of rotatable bonds is 5. The molecule has 0 saturated heterocycles. The van der Waals surface area contributed by atoms with Gasteiger partial charge in [-0.15, -0.1) is 0 Å². The molecule has 0 atom stereocenters. The fourth-order valence-corrected chi connectivity index (χ4v) is 1.64. The van der Waals surface area contributed by atoms with Crippen molar-refractivity contribution < 1.29 is 9.53 Å². The summed E-state index contributed by atoms with van der Waals surface area (Å²) in [5.74, 6) is -0.219. The molecule has 0 spiro atoms. The number of nitrogens with one attached hydrogen (secondary N) is 1. The van der Waals surface area contributed by atoms with E-state index in [2.05, 4.69) is 11.4 Å². The number of hydrogen-bond donors (Lipinski definition) is 1. The van der Waals surface area contributed by atoms with Crippen LogP contribution in [-0.2, 0) is 16.0 Å². The van der Waals surface area contributed by atoms with Gasteiger partial charge in [0.1, 0.15) is 5.60 Å². The Bertz CT molecular complexity index is 519. The number of hydrogen-bond acceptors (Lipinski definition) is 4. The smallest absolute Gasteiger partial charge is 0.313 e. The second-order valence-electron chi connectivity index (χ2n) is 6.77. The largest absolute Gasteiger partial charge is 0.460 e. The Balaban J connectivity index is 2.60. The van der Waals surface area contributed by atoms with Crippen molar-refractivity contribution in [1.29, 1.82) is 5.26 Å². The lowest BCUT2D eigenvalue weighted by atomic mass is 9.93. The maximum atomic E-state index is 12.1. The fraction of sp³-hybridized carbons (Fsp3) is 0.529. The topological polar surface area (TPSA) is 62.1 Å². The molecule has 21 heavy (non-hydrogen) atoms. The number of nitriles is 1. The minimum Gasteiger partial charge on any atom is -0.460 e. The zero-order chi connectivity index (χ0) is 16.1. The third-order valence-electron chi connectivity index (χ3n) is 2.92. The van der Waals surface area contributed by atoms with E-state index < -0.39 is 11.0 Å². The van der Waals surface area contributed by atoms with Crippen LogP contribution in [0.5, 0.6) is 0 Å². The Morgan fingerprint density at radius 1 is 1.19 bits per heavy atom. The normalized spacial score (nSPS) is 11.6. The molecule has 0 aliphatic heterocycles. The van der Waals surface area contributed by atoms with Gasteiger partial charge in [-0.25, -0.2) is 0 Å². The molecule has 0 bridgehead atoms. The van der Waals surface area contributed by atoms with Crippen LogP contribution in [0.3, 0.4) is 0 Å². The highest BCUT2D eigenvalue weighted by molar-refractivity contribution is 5.77. The van der Waals surface area contributed by atoms with Crippen molar-refractivity contribution >= 4 is 11.7 Å². The summed E-state index contributed by atoms with van der Waals surface area (Å²) in [4.78, 5) is 12.1. The van der Waals surface area contributed by atoms with Crippen LogP contribution in [0, 0.1) is 16.7 Å². The predicted octanol–water partition coefficient (Wildman–Crippen LogP) is 3.53. The monoisotopic (exact) mass is 288 g/mol. The van der Waals surface area contributed by atoms with Gasteiger partial charge in [0.2, 0.25) is 0 Å². The van der Waals surface area contributed by atoms with Crippen LogP contribution < -0.4 is 5.32 Å². The van der Waals surface area contributed by atoms with E-state index in [9.17, 15) is 4.79 Å². The van der Waals surface area contributed by atoms with Crippen molar-refractivity contribution in [3.05, 3.63) is 29.8 Å². The summed E-state index contributed by atoms with van der Waals surface area (Å²) < 4.78 is 5.43. The average Bonchev–Trinajstić information content (AvgIpc) is 2.36. The van der Waals surface area contributed by atoms with E-state index >= 15 is 0 Å². The Morgan fingerprint density at radius 2 is 1.76 bits per heavy atom. The Morgan fingerprint density at radius 3 is 2.24 bits per heavy atom. The summed E-state index contributed by atoms with van der Waals surface area (Å²) in [7, 11) is 0. The Labute approximate surface area is 127 Å². The number of esters is 1. The summed E-state index contributed by atoms with van der Waals surface area (Å²) in [5.41, 5.74) is 0.814. The lowest BCUT2D eigenvalue weighted by Gasteiger charge is -2.28. The summed E-state index contributed by atoms with van der Waals surface area (Å²) in [6.45, 7) is 9.79. The molecular formula is C17H24N2O2. The van der Waals surface area contributed by atoms with E-state index in [-0.39, 0.29) is 5.97 Å². The van der Waals surface area contributed by atoms with Gasteiger partial charge in [0.25, 0.3) is 0 Å². The fourth-order valence-electron chi connectivity index (χ4n) is 1.64. The summed E-state index contributed by atoms with van der Waals surface area (Å²) in [5, 5.41) is 11.9. The van der Waals surface area contributed by atoms with Crippen molar-refractivity contribution in [3.63, 3.8) is 0 Å². The third-order valence-corrected chi connectivity index (χ3v) is 2.92. The molecule has 1 aromatic rings. The molecule has 0 heterocycles. The number of anilines is 1. The summed E-state index contributed by atoms with van der Waals surface area (Å²) >= 11 is 0. The van der Waals surface area contributed by atoms with Gasteiger partial charge in [-0.05, 0) is 52.3 Å². The SMILES string of the molecule is CC(C)(C)OC(=O)C(C)(C)CNc1ccc(CC#N)cc1. The molecule has 1 N–H and O–H groups in total. The van der Waals surface area contributed by atoms with Gasteiger partial charge in [0, 0.05) is 12.2 Å². The molecule has 0 unspecified atom stereocenters. The predicted molar refractivity (Wildman–Crippen MR) is 83.9 cm³/mol. The Hall–Kier alpha value is -2.02. The van der Waals surface area contributed by atoms with Gasteiger partial charge in [-0.2, -0.15) is 5.26 Å². The quantitative estimate of drug-likeness (QED) is 0.842. The number of ether oxygens (including phenoxy) is 1. The average molecular weight is 288 g/mol. The lowest BCUT2D eigenvalue weighted by Crippen LogP contribution is -2.38.